The van der Waals surface area contributed by atoms with Gasteiger partial charge in [-0.25, -0.2) is 0 Å². The van der Waals surface area contributed by atoms with E-state index < -0.39 is 0 Å². The first-order chi connectivity index (χ1) is 8.72. The van der Waals surface area contributed by atoms with E-state index in [2.05, 4.69) is 31.3 Å². The fourth-order valence-corrected chi connectivity index (χ4v) is 2.51. The Bertz CT molecular complexity index is 381. The first kappa shape index (κ1) is 13.4. The van der Waals surface area contributed by atoms with Gasteiger partial charge in [-0.15, -0.1) is 0 Å². The summed E-state index contributed by atoms with van der Waals surface area (Å²) in [5.74, 6) is 1.47. The summed E-state index contributed by atoms with van der Waals surface area (Å²) >= 11 is 0. The molecule has 0 fully saturated rings. The Hall–Kier alpha value is -1.06. The van der Waals surface area contributed by atoms with Gasteiger partial charge in [0.05, 0.1) is 13.2 Å². The largest absolute Gasteiger partial charge is 0.493 e. The molecule has 1 aliphatic rings. The van der Waals surface area contributed by atoms with Crippen LogP contribution in [0.25, 0.3) is 0 Å². The highest BCUT2D eigenvalue weighted by Gasteiger charge is 2.29. The van der Waals surface area contributed by atoms with Gasteiger partial charge in [0, 0.05) is 30.2 Å². The molecule has 0 bridgehead atoms. The van der Waals surface area contributed by atoms with Gasteiger partial charge in [0.1, 0.15) is 5.75 Å². The summed E-state index contributed by atoms with van der Waals surface area (Å²) < 4.78 is 11.2. The molecule has 0 aliphatic carbocycles. The minimum atomic E-state index is 0.368. The van der Waals surface area contributed by atoms with Crippen LogP contribution in [0, 0.1) is 0 Å². The normalized spacial score (nSPS) is 21.2. The van der Waals surface area contributed by atoms with Crippen LogP contribution in [0.15, 0.2) is 24.3 Å². The molecule has 1 heterocycles. The molecule has 0 radical (unpaired) electrons. The maximum atomic E-state index is 5.72. The number of fused-ring (bicyclic) bond motifs is 1. The van der Waals surface area contributed by atoms with Crippen LogP contribution in [-0.2, 0) is 4.74 Å². The quantitative estimate of drug-likeness (QED) is 0.840. The van der Waals surface area contributed by atoms with Crippen LogP contribution in [0.2, 0.25) is 0 Å². The highest BCUT2D eigenvalue weighted by molar-refractivity contribution is 5.40. The van der Waals surface area contributed by atoms with Crippen molar-refractivity contribution in [2.45, 2.75) is 38.8 Å². The van der Waals surface area contributed by atoms with Gasteiger partial charge in [-0.3, -0.25) is 0 Å². The van der Waals surface area contributed by atoms with Crippen molar-refractivity contribution < 1.29 is 9.47 Å². The standard InChI is InChI=1S/C15H23NO2/c1-4-17-9-11(2)16-12(3)14-10-18-15-8-6-5-7-13(14)15/h5-8,11-12,14,16H,4,9-10H2,1-3H3/t11-,12+,14-/m0/s1. The SMILES string of the molecule is CCOC[C@H](C)N[C@H](C)[C@@H]1COc2ccccc21. The van der Waals surface area contributed by atoms with E-state index in [1.54, 1.807) is 0 Å². The van der Waals surface area contributed by atoms with Crippen molar-refractivity contribution in [3.63, 3.8) is 0 Å². The van der Waals surface area contributed by atoms with Crippen molar-refractivity contribution in [2.24, 2.45) is 0 Å². The van der Waals surface area contributed by atoms with Crippen LogP contribution in [0.3, 0.4) is 0 Å². The predicted molar refractivity (Wildman–Crippen MR) is 73.2 cm³/mol. The van der Waals surface area contributed by atoms with E-state index >= 15 is 0 Å². The summed E-state index contributed by atoms with van der Waals surface area (Å²) in [4.78, 5) is 0. The third-order valence-electron chi connectivity index (χ3n) is 3.46. The summed E-state index contributed by atoms with van der Waals surface area (Å²) in [6.07, 6.45) is 0. The molecule has 0 saturated carbocycles. The van der Waals surface area contributed by atoms with Gasteiger partial charge >= 0.3 is 0 Å². The van der Waals surface area contributed by atoms with E-state index in [4.69, 9.17) is 9.47 Å². The molecular formula is C15H23NO2. The Morgan fingerprint density at radius 2 is 2.17 bits per heavy atom. The Kier molecular flexibility index (Phi) is 4.61. The lowest BCUT2D eigenvalue weighted by atomic mass is 9.94. The van der Waals surface area contributed by atoms with Crippen molar-refractivity contribution in [1.82, 2.24) is 5.32 Å². The zero-order valence-corrected chi connectivity index (χ0v) is 11.5. The van der Waals surface area contributed by atoms with Gasteiger partial charge < -0.3 is 14.8 Å². The molecule has 0 aromatic heterocycles. The van der Waals surface area contributed by atoms with E-state index in [0.717, 1.165) is 25.6 Å². The maximum absolute atomic E-state index is 5.72. The second kappa shape index (κ2) is 6.21. The molecule has 18 heavy (non-hydrogen) atoms. The minimum absolute atomic E-state index is 0.368. The number of hydrogen-bond acceptors (Lipinski definition) is 3. The lowest BCUT2D eigenvalue weighted by Gasteiger charge is -2.24. The lowest BCUT2D eigenvalue weighted by Crippen LogP contribution is -2.41. The van der Waals surface area contributed by atoms with Gasteiger partial charge in [0.2, 0.25) is 0 Å². The third kappa shape index (κ3) is 3.03. The average Bonchev–Trinajstić information content (AvgIpc) is 2.80. The molecular weight excluding hydrogens is 226 g/mol. The number of para-hydroxylation sites is 1. The molecule has 0 unspecified atom stereocenters. The van der Waals surface area contributed by atoms with Crippen LogP contribution in [-0.4, -0.2) is 31.9 Å². The van der Waals surface area contributed by atoms with E-state index in [0.29, 0.717) is 18.0 Å². The van der Waals surface area contributed by atoms with Gasteiger partial charge in [-0.1, -0.05) is 18.2 Å². The first-order valence-corrected chi connectivity index (χ1v) is 6.78. The molecule has 3 heteroatoms. The summed E-state index contributed by atoms with van der Waals surface area (Å²) in [5, 5.41) is 3.59. The van der Waals surface area contributed by atoms with Crippen LogP contribution >= 0.6 is 0 Å². The second-order valence-electron chi connectivity index (χ2n) is 4.97. The van der Waals surface area contributed by atoms with Crippen LogP contribution in [0.1, 0.15) is 32.3 Å². The molecule has 3 nitrogen and oxygen atoms in total. The smallest absolute Gasteiger partial charge is 0.122 e. The van der Waals surface area contributed by atoms with Crippen molar-refractivity contribution >= 4 is 0 Å². The molecule has 1 aromatic carbocycles. The number of hydrogen-bond donors (Lipinski definition) is 1. The van der Waals surface area contributed by atoms with E-state index in [9.17, 15) is 0 Å². The molecule has 3 atom stereocenters. The van der Waals surface area contributed by atoms with Crippen LogP contribution in [0.4, 0.5) is 0 Å². The summed E-state index contributed by atoms with van der Waals surface area (Å²) in [6, 6.07) is 9.08. The number of rotatable bonds is 6. The van der Waals surface area contributed by atoms with Crippen molar-refractivity contribution in [1.29, 1.82) is 0 Å². The van der Waals surface area contributed by atoms with E-state index in [-0.39, 0.29) is 0 Å². The molecule has 2 rings (SSSR count). The monoisotopic (exact) mass is 249 g/mol. The Morgan fingerprint density at radius 3 is 2.94 bits per heavy atom. The zero-order valence-electron chi connectivity index (χ0n) is 11.5. The van der Waals surface area contributed by atoms with Gasteiger partial charge in [0.25, 0.3) is 0 Å². The highest BCUT2D eigenvalue weighted by Crippen LogP contribution is 2.35. The first-order valence-electron chi connectivity index (χ1n) is 6.78. The Balaban J connectivity index is 1.92. The van der Waals surface area contributed by atoms with E-state index in [1.165, 1.54) is 5.56 Å². The molecule has 1 N–H and O–H groups in total. The topological polar surface area (TPSA) is 30.5 Å². The number of ether oxygens (including phenoxy) is 2. The predicted octanol–water partition coefficient (Wildman–Crippen LogP) is 2.57. The molecule has 0 saturated heterocycles. The van der Waals surface area contributed by atoms with E-state index in [1.807, 2.05) is 19.1 Å². The molecule has 1 aromatic rings. The zero-order chi connectivity index (χ0) is 13.0. The molecule has 100 valence electrons. The second-order valence-corrected chi connectivity index (χ2v) is 4.97. The molecule has 0 amide bonds. The lowest BCUT2D eigenvalue weighted by molar-refractivity contribution is 0.122. The average molecular weight is 249 g/mol. The Morgan fingerprint density at radius 1 is 1.39 bits per heavy atom. The maximum Gasteiger partial charge on any atom is 0.122 e. The summed E-state index contributed by atoms with van der Waals surface area (Å²) in [6.45, 7) is 8.71. The third-order valence-corrected chi connectivity index (χ3v) is 3.46. The summed E-state index contributed by atoms with van der Waals surface area (Å²) in [5.41, 5.74) is 1.32. The number of benzene rings is 1. The van der Waals surface area contributed by atoms with Crippen LogP contribution in [0.5, 0.6) is 5.75 Å². The van der Waals surface area contributed by atoms with Gasteiger partial charge in [-0.2, -0.15) is 0 Å². The van der Waals surface area contributed by atoms with Crippen molar-refractivity contribution in [3.8, 4) is 5.75 Å². The molecule has 0 spiro atoms. The fraction of sp³-hybridized carbons (Fsp3) is 0.600. The highest BCUT2D eigenvalue weighted by atomic mass is 16.5. The van der Waals surface area contributed by atoms with Crippen molar-refractivity contribution in [3.05, 3.63) is 29.8 Å². The number of nitrogens with one attached hydrogen (secondary N) is 1. The Labute approximate surface area is 109 Å². The summed E-state index contributed by atoms with van der Waals surface area (Å²) in [7, 11) is 0. The van der Waals surface area contributed by atoms with Gasteiger partial charge in [-0.05, 0) is 26.8 Å². The van der Waals surface area contributed by atoms with Gasteiger partial charge in [0.15, 0.2) is 0 Å². The van der Waals surface area contributed by atoms with Crippen LogP contribution < -0.4 is 10.1 Å². The minimum Gasteiger partial charge on any atom is -0.493 e. The van der Waals surface area contributed by atoms with Crippen molar-refractivity contribution in [2.75, 3.05) is 19.8 Å². The molecule has 1 aliphatic heterocycles. The fourth-order valence-electron chi connectivity index (χ4n) is 2.51.